The van der Waals surface area contributed by atoms with Crippen molar-refractivity contribution in [2.45, 2.75) is 0 Å². The third-order valence-corrected chi connectivity index (χ3v) is 13.2. The summed E-state index contributed by atoms with van der Waals surface area (Å²) < 4.78 is 2.60. The van der Waals surface area contributed by atoms with Gasteiger partial charge in [0, 0.05) is 36.9 Å². The van der Waals surface area contributed by atoms with Crippen LogP contribution < -0.4 is 0 Å². The topological polar surface area (TPSA) is 25.8 Å². The molecular formula is C58H36N2S. The molecule has 0 saturated heterocycles. The van der Waals surface area contributed by atoms with Gasteiger partial charge in [-0.25, -0.2) is 9.97 Å². The fourth-order valence-electron chi connectivity index (χ4n) is 9.04. The zero-order valence-corrected chi connectivity index (χ0v) is 33.9. The maximum Gasteiger partial charge on any atom is 0.160 e. The molecule has 0 aliphatic rings. The summed E-state index contributed by atoms with van der Waals surface area (Å²) >= 11 is 1.85. The molecule has 0 aliphatic heterocycles. The second-order valence-corrected chi connectivity index (χ2v) is 16.8. The van der Waals surface area contributed by atoms with Crippen LogP contribution in [0.1, 0.15) is 0 Å². The smallest absolute Gasteiger partial charge is 0.160 e. The molecule has 2 aromatic heterocycles. The Kier molecular flexibility index (Phi) is 8.39. The van der Waals surface area contributed by atoms with Crippen molar-refractivity contribution in [2.75, 3.05) is 0 Å². The number of hydrogen-bond donors (Lipinski definition) is 0. The largest absolute Gasteiger partial charge is 0.228 e. The molecule has 12 rings (SSSR count). The van der Waals surface area contributed by atoms with Crippen molar-refractivity contribution < 1.29 is 0 Å². The van der Waals surface area contributed by atoms with Gasteiger partial charge in [0.05, 0.1) is 11.4 Å². The van der Waals surface area contributed by atoms with E-state index < -0.39 is 0 Å². The number of fused-ring (bicyclic) bond motifs is 7. The molecule has 0 amide bonds. The maximum atomic E-state index is 5.30. The van der Waals surface area contributed by atoms with Crippen LogP contribution in [-0.4, -0.2) is 9.97 Å². The third-order valence-electron chi connectivity index (χ3n) is 12.0. The van der Waals surface area contributed by atoms with Gasteiger partial charge in [0.15, 0.2) is 5.82 Å². The summed E-state index contributed by atoms with van der Waals surface area (Å²) in [5.41, 5.74) is 11.9. The van der Waals surface area contributed by atoms with Crippen LogP contribution in [0, 0.1) is 0 Å². The van der Waals surface area contributed by atoms with Crippen molar-refractivity contribution in [2.24, 2.45) is 0 Å². The molecule has 0 bridgehead atoms. The van der Waals surface area contributed by atoms with Crippen molar-refractivity contribution in [3.8, 4) is 67.3 Å². The lowest BCUT2D eigenvalue weighted by molar-refractivity contribution is 1.18. The molecule has 284 valence electrons. The molecule has 0 spiro atoms. The fraction of sp³-hybridized carbons (Fsp3) is 0. The molecule has 3 heteroatoms. The first-order chi connectivity index (χ1) is 30.2. The molecule has 0 aliphatic carbocycles. The first-order valence-corrected chi connectivity index (χ1v) is 21.5. The second-order valence-electron chi connectivity index (χ2n) is 15.7. The van der Waals surface area contributed by atoms with Crippen molar-refractivity contribution in [1.82, 2.24) is 9.97 Å². The van der Waals surface area contributed by atoms with Crippen molar-refractivity contribution in [1.29, 1.82) is 0 Å². The van der Waals surface area contributed by atoms with E-state index in [-0.39, 0.29) is 0 Å². The minimum atomic E-state index is 0.696. The highest BCUT2D eigenvalue weighted by molar-refractivity contribution is 7.25. The highest BCUT2D eigenvalue weighted by Gasteiger charge is 2.17. The van der Waals surface area contributed by atoms with Gasteiger partial charge in [0.1, 0.15) is 0 Å². The predicted octanol–water partition coefficient (Wildman–Crippen LogP) is 16.3. The summed E-state index contributed by atoms with van der Waals surface area (Å²) in [7, 11) is 0. The van der Waals surface area contributed by atoms with Gasteiger partial charge in [-0.3, -0.25) is 0 Å². The van der Waals surface area contributed by atoms with Gasteiger partial charge in [0.2, 0.25) is 0 Å². The molecule has 0 atom stereocenters. The van der Waals surface area contributed by atoms with E-state index in [9.17, 15) is 0 Å². The van der Waals surface area contributed by atoms with Gasteiger partial charge in [-0.1, -0.05) is 170 Å². The van der Waals surface area contributed by atoms with Gasteiger partial charge in [-0.15, -0.1) is 11.3 Å². The van der Waals surface area contributed by atoms with E-state index in [0.29, 0.717) is 5.82 Å². The summed E-state index contributed by atoms with van der Waals surface area (Å²) in [6.45, 7) is 0. The number of hydrogen-bond acceptors (Lipinski definition) is 3. The number of rotatable bonds is 6. The van der Waals surface area contributed by atoms with E-state index in [4.69, 9.17) is 9.97 Å². The molecule has 0 unspecified atom stereocenters. The Balaban J connectivity index is 1.02. The molecule has 2 heterocycles. The SMILES string of the molecule is c1ccc(-c2cc(-c3ccc4sc5ccccc5c4c3)cc(-c3cc(-c4ccc(-c5c6ccccc6cc6c5ccc5ccccc56)cc4)nc(-c4ccccc4)n3)c2)cc1. The van der Waals surface area contributed by atoms with E-state index in [0.717, 1.165) is 44.8 Å². The van der Waals surface area contributed by atoms with Crippen molar-refractivity contribution in [3.63, 3.8) is 0 Å². The molecule has 12 aromatic rings. The normalized spacial score (nSPS) is 11.6. The Hall–Kier alpha value is -7.72. The predicted molar refractivity (Wildman–Crippen MR) is 260 cm³/mol. The third kappa shape index (κ3) is 6.26. The molecule has 61 heavy (non-hydrogen) atoms. The highest BCUT2D eigenvalue weighted by atomic mass is 32.1. The van der Waals surface area contributed by atoms with Crippen molar-refractivity contribution >= 4 is 63.8 Å². The van der Waals surface area contributed by atoms with E-state index in [1.165, 1.54) is 69.2 Å². The molecular weight excluding hydrogens is 757 g/mol. The number of benzene rings is 10. The van der Waals surface area contributed by atoms with E-state index in [1.54, 1.807) is 0 Å². The van der Waals surface area contributed by atoms with Crippen LogP contribution in [0.25, 0.3) is 120 Å². The van der Waals surface area contributed by atoms with E-state index in [2.05, 4.69) is 212 Å². The quantitative estimate of drug-likeness (QED) is 0.124. The standard InChI is InChI=1S/C58H36N2S/c1-3-13-37(14-4-1)44-31-45(42-28-30-56-52(34-42)49-21-11-12-22-55(49)61-56)33-46(32-44)54-36-53(59-58(60-54)41-16-5-2-6-17-41)39-23-25-40(26-24-39)57-48-20-10-8-18-43(48)35-51-47-19-9-7-15-38(47)27-29-50(51)57/h1-36H. The molecule has 0 radical (unpaired) electrons. The number of thiophene rings is 1. The zero-order valence-electron chi connectivity index (χ0n) is 33.1. The summed E-state index contributed by atoms with van der Waals surface area (Å²) in [6.07, 6.45) is 0. The van der Waals surface area contributed by atoms with Gasteiger partial charge >= 0.3 is 0 Å². The minimum absolute atomic E-state index is 0.696. The Morgan fingerprint density at radius 1 is 0.262 bits per heavy atom. The zero-order chi connectivity index (χ0) is 40.3. The van der Waals surface area contributed by atoms with Gasteiger partial charge in [0.25, 0.3) is 0 Å². The van der Waals surface area contributed by atoms with E-state index >= 15 is 0 Å². The van der Waals surface area contributed by atoms with E-state index in [1.807, 2.05) is 17.4 Å². The Bertz CT molecular complexity index is 3630. The Labute approximate surface area is 357 Å². The summed E-state index contributed by atoms with van der Waals surface area (Å²) in [5.74, 6) is 0.696. The molecule has 10 aromatic carbocycles. The molecule has 0 fully saturated rings. The van der Waals surface area contributed by atoms with Crippen LogP contribution in [0.15, 0.2) is 218 Å². The molecule has 2 nitrogen and oxygen atoms in total. The monoisotopic (exact) mass is 792 g/mol. The summed E-state index contributed by atoms with van der Waals surface area (Å²) in [4.78, 5) is 10.5. The lowest BCUT2D eigenvalue weighted by Crippen LogP contribution is -1.96. The first-order valence-electron chi connectivity index (χ1n) is 20.7. The Morgan fingerprint density at radius 3 is 1.62 bits per heavy atom. The number of nitrogens with zero attached hydrogens (tertiary/aromatic N) is 2. The van der Waals surface area contributed by atoms with Crippen LogP contribution in [0.5, 0.6) is 0 Å². The van der Waals surface area contributed by atoms with Crippen LogP contribution in [0.2, 0.25) is 0 Å². The van der Waals surface area contributed by atoms with Crippen LogP contribution in [-0.2, 0) is 0 Å². The average molecular weight is 793 g/mol. The maximum absolute atomic E-state index is 5.30. The van der Waals surface area contributed by atoms with Gasteiger partial charge in [-0.05, 0) is 114 Å². The van der Waals surface area contributed by atoms with Crippen molar-refractivity contribution in [3.05, 3.63) is 218 Å². The summed E-state index contributed by atoms with van der Waals surface area (Å²) in [6, 6.07) is 78.8. The molecule has 0 saturated carbocycles. The number of aromatic nitrogens is 2. The van der Waals surface area contributed by atoms with Crippen LogP contribution in [0.3, 0.4) is 0 Å². The first kappa shape index (κ1) is 35.2. The van der Waals surface area contributed by atoms with Crippen LogP contribution in [0.4, 0.5) is 0 Å². The fourth-order valence-corrected chi connectivity index (χ4v) is 10.1. The molecule has 0 N–H and O–H groups in total. The second kappa shape index (κ2) is 14.5. The average Bonchev–Trinajstić information content (AvgIpc) is 3.72. The van der Waals surface area contributed by atoms with Crippen LogP contribution >= 0.6 is 11.3 Å². The lowest BCUT2D eigenvalue weighted by Gasteiger charge is -2.15. The lowest BCUT2D eigenvalue weighted by atomic mass is 9.89. The summed E-state index contributed by atoms with van der Waals surface area (Å²) in [5, 5.41) is 10.1. The Morgan fingerprint density at radius 2 is 0.836 bits per heavy atom. The van der Waals surface area contributed by atoms with Gasteiger partial charge in [-0.2, -0.15) is 0 Å². The highest BCUT2D eigenvalue weighted by Crippen LogP contribution is 2.42. The minimum Gasteiger partial charge on any atom is -0.228 e. The van der Waals surface area contributed by atoms with Gasteiger partial charge < -0.3 is 0 Å².